The van der Waals surface area contributed by atoms with Crippen LogP contribution in [0.5, 0.6) is 17.2 Å². The van der Waals surface area contributed by atoms with E-state index >= 15 is 0 Å². The largest absolute Gasteiger partial charge is 0.489 e. The zero-order chi connectivity index (χ0) is 17.5. The Kier molecular flexibility index (Phi) is 5.57. The van der Waals surface area contributed by atoms with Crippen molar-refractivity contribution >= 4 is 5.69 Å². The van der Waals surface area contributed by atoms with Crippen molar-refractivity contribution in [2.75, 3.05) is 11.9 Å². The van der Waals surface area contributed by atoms with Crippen molar-refractivity contribution < 1.29 is 9.47 Å². The van der Waals surface area contributed by atoms with Crippen molar-refractivity contribution in [3.63, 3.8) is 0 Å². The van der Waals surface area contributed by atoms with Crippen LogP contribution in [0.4, 0.5) is 5.69 Å². The van der Waals surface area contributed by atoms with Crippen LogP contribution in [0, 0.1) is 6.92 Å². The average molecular weight is 333 g/mol. The van der Waals surface area contributed by atoms with E-state index in [-0.39, 0.29) is 6.10 Å². The van der Waals surface area contributed by atoms with Crippen LogP contribution in [0.3, 0.4) is 0 Å². The second kappa shape index (κ2) is 8.25. The van der Waals surface area contributed by atoms with Gasteiger partial charge in [-0.2, -0.15) is 0 Å². The minimum atomic E-state index is 0.0722. The molecule has 0 spiro atoms. The Morgan fingerprint density at radius 3 is 2.04 bits per heavy atom. The lowest BCUT2D eigenvalue weighted by Gasteiger charge is -2.16. The lowest BCUT2D eigenvalue weighted by molar-refractivity contribution is 0.234. The van der Waals surface area contributed by atoms with Gasteiger partial charge in [-0.15, -0.1) is 0 Å². The third-order valence-corrected chi connectivity index (χ3v) is 3.79. The van der Waals surface area contributed by atoms with Crippen LogP contribution >= 0.6 is 0 Å². The number of aryl methyl sites for hydroxylation is 1. The first kappa shape index (κ1) is 16.9. The number of benzene rings is 3. The second-order valence-corrected chi connectivity index (χ2v) is 6.06. The van der Waals surface area contributed by atoms with Gasteiger partial charge in [-0.25, -0.2) is 0 Å². The molecule has 0 fully saturated rings. The summed E-state index contributed by atoms with van der Waals surface area (Å²) in [6, 6.07) is 25.8. The van der Waals surface area contributed by atoms with Crippen molar-refractivity contribution in [1.82, 2.24) is 0 Å². The van der Waals surface area contributed by atoms with E-state index in [9.17, 15) is 0 Å². The van der Waals surface area contributed by atoms with Crippen LogP contribution < -0.4 is 14.8 Å². The SMILES string of the molecule is Cc1ccc(OC(C)CNc2ccc(Oc3ccccc3)cc2)cc1. The molecular formula is C22H23NO2. The quantitative estimate of drug-likeness (QED) is 0.604. The molecular weight excluding hydrogens is 310 g/mol. The van der Waals surface area contributed by atoms with Crippen molar-refractivity contribution in [1.29, 1.82) is 0 Å². The zero-order valence-electron chi connectivity index (χ0n) is 14.6. The van der Waals surface area contributed by atoms with Gasteiger partial charge in [-0.1, -0.05) is 35.9 Å². The van der Waals surface area contributed by atoms with Crippen LogP contribution in [-0.2, 0) is 0 Å². The van der Waals surface area contributed by atoms with Gasteiger partial charge in [0.2, 0.25) is 0 Å². The topological polar surface area (TPSA) is 30.5 Å². The number of ether oxygens (including phenoxy) is 2. The summed E-state index contributed by atoms with van der Waals surface area (Å²) in [7, 11) is 0. The summed E-state index contributed by atoms with van der Waals surface area (Å²) in [6.07, 6.45) is 0.0722. The minimum Gasteiger partial charge on any atom is -0.489 e. The highest BCUT2D eigenvalue weighted by Crippen LogP contribution is 2.22. The van der Waals surface area contributed by atoms with Crippen molar-refractivity contribution in [2.45, 2.75) is 20.0 Å². The molecule has 3 nitrogen and oxygen atoms in total. The van der Waals surface area contributed by atoms with E-state index in [0.29, 0.717) is 0 Å². The maximum Gasteiger partial charge on any atom is 0.127 e. The normalized spacial score (nSPS) is 11.6. The first-order valence-corrected chi connectivity index (χ1v) is 8.49. The van der Waals surface area contributed by atoms with Gasteiger partial charge in [0.25, 0.3) is 0 Å². The Morgan fingerprint density at radius 1 is 0.760 bits per heavy atom. The van der Waals surface area contributed by atoms with Gasteiger partial charge in [0.15, 0.2) is 0 Å². The number of nitrogens with one attached hydrogen (secondary N) is 1. The molecule has 3 rings (SSSR count). The summed E-state index contributed by atoms with van der Waals surface area (Å²) >= 11 is 0. The van der Waals surface area contributed by atoms with Crippen molar-refractivity contribution in [2.24, 2.45) is 0 Å². The van der Waals surface area contributed by atoms with Gasteiger partial charge >= 0.3 is 0 Å². The molecule has 1 N–H and O–H groups in total. The molecule has 128 valence electrons. The molecule has 0 heterocycles. The third-order valence-electron chi connectivity index (χ3n) is 3.79. The molecule has 0 radical (unpaired) electrons. The Labute approximate surface area is 149 Å². The first-order chi connectivity index (χ1) is 12.2. The number of para-hydroxylation sites is 1. The number of hydrogen-bond acceptors (Lipinski definition) is 3. The number of hydrogen-bond donors (Lipinski definition) is 1. The van der Waals surface area contributed by atoms with Crippen LogP contribution in [-0.4, -0.2) is 12.6 Å². The lowest BCUT2D eigenvalue weighted by Crippen LogP contribution is -2.22. The van der Waals surface area contributed by atoms with E-state index in [0.717, 1.165) is 29.5 Å². The van der Waals surface area contributed by atoms with Gasteiger partial charge in [0.05, 0.1) is 6.54 Å². The maximum atomic E-state index is 5.91. The monoisotopic (exact) mass is 333 g/mol. The average Bonchev–Trinajstić information content (AvgIpc) is 2.64. The summed E-state index contributed by atoms with van der Waals surface area (Å²) in [5.41, 5.74) is 2.27. The predicted molar refractivity (Wildman–Crippen MR) is 103 cm³/mol. The smallest absolute Gasteiger partial charge is 0.127 e. The molecule has 0 saturated heterocycles. The summed E-state index contributed by atoms with van der Waals surface area (Å²) < 4.78 is 11.7. The Morgan fingerprint density at radius 2 is 1.36 bits per heavy atom. The molecule has 0 bridgehead atoms. The molecule has 0 aliphatic rings. The van der Waals surface area contributed by atoms with Crippen LogP contribution in [0.1, 0.15) is 12.5 Å². The van der Waals surface area contributed by atoms with Gasteiger partial charge in [-0.3, -0.25) is 0 Å². The number of rotatable bonds is 7. The fourth-order valence-corrected chi connectivity index (χ4v) is 2.42. The Bertz CT molecular complexity index is 767. The molecule has 3 heteroatoms. The van der Waals surface area contributed by atoms with Gasteiger partial charge in [0, 0.05) is 5.69 Å². The fraction of sp³-hybridized carbons (Fsp3) is 0.182. The molecule has 1 unspecified atom stereocenters. The summed E-state index contributed by atoms with van der Waals surface area (Å²) in [5, 5.41) is 3.39. The fourth-order valence-electron chi connectivity index (χ4n) is 2.42. The molecule has 25 heavy (non-hydrogen) atoms. The Hall–Kier alpha value is -2.94. The van der Waals surface area contributed by atoms with Crippen molar-refractivity contribution in [3.8, 4) is 17.2 Å². The van der Waals surface area contributed by atoms with E-state index < -0.39 is 0 Å². The predicted octanol–water partition coefficient (Wildman–Crippen LogP) is 5.67. The van der Waals surface area contributed by atoms with Gasteiger partial charge in [0.1, 0.15) is 23.4 Å². The second-order valence-electron chi connectivity index (χ2n) is 6.06. The highest BCUT2D eigenvalue weighted by atomic mass is 16.5. The van der Waals surface area contributed by atoms with Crippen LogP contribution in [0.25, 0.3) is 0 Å². The molecule has 1 atom stereocenters. The molecule has 0 aromatic heterocycles. The van der Waals surface area contributed by atoms with E-state index in [1.165, 1.54) is 5.56 Å². The van der Waals surface area contributed by atoms with E-state index in [1.54, 1.807) is 0 Å². The molecule has 0 aliphatic carbocycles. The highest BCUT2D eigenvalue weighted by Gasteiger charge is 2.04. The van der Waals surface area contributed by atoms with Crippen molar-refractivity contribution in [3.05, 3.63) is 84.4 Å². The van der Waals surface area contributed by atoms with Crippen LogP contribution in [0.2, 0.25) is 0 Å². The van der Waals surface area contributed by atoms with Crippen LogP contribution in [0.15, 0.2) is 78.9 Å². The summed E-state index contributed by atoms with van der Waals surface area (Å²) in [5.74, 6) is 2.55. The van der Waals surface area contributed by atoms with E-state index in [2.05, 4.69) is 31.3 Å². The lowest BCUT2D eigenvalue weighted by atomic mass is 10.2. The zero-order valence-corrected chi connectivity index (χ0v) is 14.6. The van der Waals surface area contributed by atoms with E-state index in [4.69, 9.17) is 9.47 Å². The Balaban J connectivity index is 1.48. The molecule has 3 aromatic rings. The minimum absolute atomic E-state index is 0.0722. The highest BCUT2D eigenvalue weighted by molar-refractivity contribution is 5.47. The third kappa shape index (κ3) is 5.28. The number of anilines is 1. The summed E-state index contributed by atoms with van der Waals surface area (Å²) in [4.78, 5) is 0. The van der Waals surface area contributed by atoms with E-state index in [1.807, 2.05) is 66.7 Å². The standard InChI is InChI=1S/C22H23NO2/c1-17-8-12-21(13-9-17)24-18(2)16-23-19-10-14-22(15-11-19)25-20-6-4-3-5-7-20/h3-15,18,23H,16H2,1-2H3. The van der Waals surface area contributed by atoms with Gasteiger partial charge < -0.3 is 14.8 Å². The molecule has 3 aromatic carbocycles. The maximum absolute atomic E-state index is 5.91. The summed E-state index contributed by atoms with van der Waals surface area (Å²) in [6.45, 7) is 4.85. The molecule has 0 aliphatic heterocycles. The molecule has 0 amide bonds. The van der Waals surface area contributed by atoms with Gasteiger partial charge in [-0.05, 0) is 62.4 Å². The first-order valence-electron chi connectivity index (χ1n) is 8.49. The molecule has 0 saturated carbocycles.